The molecule has 2 unspecified atom stereocenters. The Morgan fingerprint density at radius 1 is 1.57 bits per heavy atom. The molecule has 2 atom stereocenters. The van der Waals surface area contributed by atoms with Crippen molar-refractivity contribution in [2.24, 2.45) is 5.73 Å². The SMILES string of the molecule is CS(=O)CC(=O)N1CCCCC(N)C1. The third kappa shape index (κ3) is 3.75. The second kappa shape index (κ2) is 5.46. The standard InChI is InChI=1S/C9H18N2O2S/c1-14(13)7-9(12)11-5-3-2-4-8(10)6-11/h8H,2-7,10H2,1H3. The van der Waals surface area contributed by atoms with Gasteiger partial charge in [-0.15, -0.1) is 0 Å². The number of likely N-dealkylation sites (tertiary alicyclic amines) is 1. The molecule has 4 nitrogen and oxygen atoms in total. The maximum absolute atomic E-state index is 11.6. The highest BCUT2D eigenvalue weighted by molar-refractivity contribution is 7.85. The number of nitrogens with zero attached hydrogens (tertiary/aromatic N) is 1. The van der Waals surface area contributed by atoms with E-state index in [1.165, 1.54) is 0 Å². The van der Waals surface area contributed by atoms with Crippen molar-refractivity contribution in [2.75, 3.05) is 25.1 Å². The van der Waals surface area contributed by atoms with E-state index in [-0.39, 0.29) is 17.7 Å². The summed E-state index contributed by atoms with van der Waals surface area (Å²) in [5.41, 5.74) is 5.82. The molecule has 0 aromatic rings. The molecule has 1 heterocycles. The predicted octanol–water partition coefficient (Wildman–Crippen LogP) is -0.295. The molecule has 0 aliphatic carbocycles. The molecule has 1 fully saturated rings. The van der Waals surface area contributed by atoms with Crippen molar-refractivity contribution in [3.8, 4) is 0 Å². The van der Waals surface area contributed by atoms with Crippen LogP contribution in [0.25, 0.3) is 0 Å². The summed E-state index contributed by atoms with van der Waals surface area (Å²) in [5.74, 6) is 0.107. The van der Waals surface area contributed by atoms with E-state index in [4.69, 9.17) is 5.73 Å². The van der Waals surface area contributed by atoms with Crippen LogP contribution >= 0.6 is 0 Å². The van der Waals surface area contributed by atoms with E-state index >= 15 is 0 Å². The summed E-state index contributed by atoms with van der Waals surface area (Å²) < 4.78 is 10.9. The van der Waals surface area contributed by atoms with E-state index < -0.39 is 10.8 Å². The van der Waals surface area contributed by atoms with Crippen LogP contribution in [0.3, 0.4) is 0 Å². The maximum atomic E-state index is 11.6. The zero-order valence-corrected chi connectivity index (χ0v) is 9.39. The molecule has 1 aliphatic heterocycles. The number of rotatable bonds is 2. The Bertz CT molecular complexity index is 233. The van der Waals surface area contributed by atoms with Crippen molar-refractivity contribution < 1.29 is 9.00 Å². The van der Waals surface area contributed by atoms with Gasteiger partial charge in [-0.1, -0.05) is 6.42 Å². The van der Waals surface area contributed by atoms with Crippen LogP contribution in [0.15, 0.2) is 0 Å². The minimum absolute atomic E-state index is 0.0248. The van der Waals surface area contributed by atoms with Gasteiger partial charge in [-0.25, -0.2) is 0 Å². The first-order valence-corrected chi connectivity index (χ1v) is 6.65. The molecule has 82 valence electrons. The van der Waals surface area contributed by atoms with Crippen LogP contribution in [0.4, 0.5) is 0 Å². The number of amides is 1. The van der Waals surface area contributed by atoms with Crippen LogP contribution in [0.2, 0.25) is 0 Å². The molecule has 0 aromatic heterocycles. The van der Waals surface area contributed by atoms with Gasteiger partial charge in [-0.3, -0.25) is 9.00 Å². The fourth-order valence-electron chi connectivity index (χ4n) is 1.67. The molecule has 0 spiro atoms. The zero-order chi connectivity index (χ0) is 10.6. The molecular weight excluding hydrogens is 200 g/mol. The maximum Gasteiger partial charge on any atom is 0.235 e. The molecule has 14 heavy (non-hydrogen) atoms. The first-order valence-electron chi connectivity index (χ1n) is 4.93. The Morgan fingerprint density at radius 3 is 2.93 bits per heavy atom. The lowest BCUT2D eigenvalue weighted by molar-refractivity contribution is -0.128. The minimum Gasteiger partial charge on any atom is -0.340 e. The smallest absolute Gasteiger partial charge is 0.235 e. The van der Waals surface area contributed by atoms with Crippen molar-refractivity contribution in [1.82, 2.24) is 4.90 Å². The normalized spacial score (nSPS) is 25.6. The Balaban J connectivity index is 2.48. The number of carbonyl (C=O) groups excluding carboxylic acids is 1. The lowest BCUT2D eigenvalue weighted by atomic mass is 10.2. The average Bonchev–Trinajstić information content (AvgIpc) is 2.28. The molecule has 0 bridgehead atoms. The number of nitrogens with two attached hydrogens (primary N) is 1. The van der Waals surface area contributed by atoms with Gasteiger partial charge >= 0.3 is 0 Å². The second-order valence-corrected chi connectivity index (χ2v) is 5.25. The Kier molecular flexibility index (Phi) is 4.54. The zero-order valence-electron chi connectivity index (χ0n) is 8.57. The van der Waals surface area contributed by atoms with Crippen LogP contribution in [0.5, 0.6) is 0 Å². The van der Waals surface area contributed by atoms with Crippen LogP contribution in [0, 0.1) is 0 Å². The summed E-state index contributed by atoms with van der Waals surface area (Å²) in [6.45, 7) is 1.39. The van der Waals surface area contributed by atoms with E-state index in [2.05, 4.69) is 0 Å². The molecule has 1 rings (SSSR count). The van der Waals surface area contributed by atoms with Gasteiger partial charge in [0.05, 0.1) is 0 Å². The Hall–Kier alpha value is -0.420. The van der Waals surface area contributed by atoms with Gasteiger partial charge in [-0.2, -0.15) is 0 Å². The number of hydrogen-bond acceptors (Lipinski definition) is 3. The van der Waals surface area contributed by atoms with Gasteiger partial charge in [-0.05, 0) is 12.8 Å². The highest BCUT2D eigenvalue weighted by Crippen LogP contribution is 2.09. The Morgan fingerprint density at radius 2 is 2.29 bits per heavy atom. The largest absolute Gasteiger partial charge is 0.340 e. The summed E-state index contributed by atoms with van der Waals surface area (Å²) in [6.07, 6.45) is 4.63. The number of carbonyl (C=O) groups is 1. The number of hydrogen-bond donors (Lipinski definition) is 1. The van der Waals surface area contributed by atoms with Crippen LogP contribution in [0.1, 0.15) is 19.3 Å². The van der Waals surface area contributed by atoms with Crippen LogP contribution < -0.4 is 5.73 Å². The highest BCUT2D eigenvalue weighted by atomic mass is 32.2. The first kappa shape index (κ1) is 11.7. The molecule has 0 aromatic carbocycles. The van der Waals surface area contributed by atoms with Crippen LogP contribution in [-0.4, -0.2) is 46.2 Å². The monoisotopic (exact) mass is 218 g/mol. The van der Waals surface area contributed by atoms with E-state index in [1.54, 1.807) is 11.2 Å². The summed E-state index contributed by atoms with van der Waals surface area (Å²) in [6, 6.07) is 0.0896. The van der Waals surface area contributed by atoms with Crippen molar-refractivity contribution in [2.45, 2.75) is 25.3 Å². The van der Waals surface area contributed by atoms with Gasteiger partial charge < -0.3 is 10.6 Å². The van der Waals surface area contributed by atoms with E-state index in [0.717, 1.165) is 25.8 Å². The fourth-order valence-corrected chi connectivity index (χ4v) is 2.20. The third-order valence-electron chi connectivity index (χ3n) is 2.39. The van der Waals surface area contributed by atoms with Crippen molar-refractivity contribution in [1.29, 1.82) is 0 Å². The first-order chi connectivity index (χ1) is 6.59. The van der Waals surface area contributed by atoms with Gasteiger partial charge in [0.25, 0.3) is 0 Å². The van der Waals surface area contributed by atoms with Crippen molar-refractivity contribution in [3.05, 3.63) is 0 Å². The molecule has 5 heteroatoms. The highest BCUT2D eigenvalue weighted by Gasteiger charge is 2.19. The van der Waals surface area contributed by atoms with E-state index in [0.29, 0.717) is 6.54 Å². The molecular formula is C9H18N2O2S. The molecule has 1 saturated heterocycles. The summed E-state index contributed by atoms with van der Waals surface area (Å²) in [4.78, 5) is 13.3. The van der Waals surface area contributed by atoms with E-state index in [1.807, 2.05) is 0 Å². The molecule has 0 radical (unpaired) electrons. The lowest BCUT2D eigenvalue weighted by Gasteiger charge is -2.22. The fraction of sp³-hybridized carbons (Fsp3) is 0.889. The van der Waals surface area contributed by atoms with Gasteiger partial charge in [0.15, 0.2) is 0 Å². The Labute approximate surface area is 87.3 Å². The predicted molar refractivity (Wildman–Crippen MR) is 57.3 cm³/mol. The molecule has 1 amide bonds. The van der Waals surface area contributed by atoms with Gasteiger partial charge in [0.1, 0.15) is 5.75 Å². The second-order valence-electron chi connectivity index (χ2n) is 3.81. The molecule has 1 aliphatic rings. The summed E-state index contributed by atoms with van der Waals surface area (Å²) >= 11 is 0. The van der Waals surface area contributed by atoms with Crippen molar-refractivity contribution >= 4 is 16.7 Å². The average molecular weight is 218 g/mol. The third-order valence-corrected chi connectivity index (χ3v) is 3.04. The lowest BCUT2D eigenvalue weighted by Crippen LogP contribution is -2.41. The van der Waals surface area contributed by atoms with Gasteiger partial charge in [0.2, 0.25) is 5.91 Å². The van der Waals surface area contributed by atoms with Gasteiger partial charge in [0, 0.05) is 36.2 Å². The van der Waals surface area contributed by atoms with Crippen LogP contribution in [-0.2, 0) is 15.6 Å². The minimum atomic E-state index is -1.05. The summed E-state index contributed by atoms with van der Waals surface area (Å²) in [5, 5.41) is 0. The molecule has 0 saturated carbocycles. The summed E-state index contributed by atoms with van der Waals surface area (Å²) in [7, 11) is -1.05. The topological polar surface area (TPSA) is 63.4 Å². The van der Waals surface area contributed by atoms with Crippen molar-refractivity contribution in [3.63, 3.8) is 0 Å². The van der Waals surface area contributed by atoms with E-state index in [9.17, 15) is 9.00 Å². The molecule has 2 N–H and O–H groups in total. The quantitative estimate of drug-likeness (QED) is 0.692.